The molecule has 1 aliphatic heterocycles. The van der Waals surface area contributed by atoms with Crippen molar-refractivity contribution in [1.29, 1.82) is 5.26 Å². The summed E-state index contributed by atoms with van der Waals surface area (Å²) in [6.07, 6.45) is 1.74. The molecule has 1 fully saturated rings. The zero-order valence-electron chi connectivity index (χ0n) is 16.1. The lowest BCUT2D eigenvalue weighted by Crippen LogP contribution is -2.67. The maximum atomic E-state index is 12.7. The highest BCUT2D eigenvalue weighted by molar-refractivity contribution is 5.89. The van der Waals surface area contributed by atoms with Gasteiger partial charge in [-0.25, -0.2) is 4.79 Å². The van der Waals surface area contributed by atoms with Gasteiger partial charge in [0.25, 0.3) is 0 Å². The van der Waals surface area contributed by atoms with Gasteiger partial charge >= 0.3 is 6.03 Å². The minimum atomic E-state index is -0.259. The van der Waals surface area contributed by atoms with Crippen molar-refractivity contribution < 1.29 is 9.90 Å². The molecule has 2 amide bonds. The predicted octanol–water partition coefficient (Wildman–Crippen LogP) is 2.97. The third-order valence-corrected chi connectivity index (χ3v) is 6.32. The highest BCUT2D eigenvalue weighted by Gasteiger charge is 2.50. The molecule has 2 aliphatic rings. The Kier molecular flexibility index (Phi) is 4.48. The number of fused-ring (bicyclic) bond motifs is 4. The zero-order valence-corrected chi connectivity index (χ0v) is 16.1. The Morgan fingerprint density at radius 3 is 2.75 bits per heavy atom. The number of carbonyl (C=O) groups excluding carboxylic acids is 1. The molecular weight excluding hydrogens is 352 g/mol. The number of hydrogen-bond acceptors (Lipinski definition) is 4. The summed E-state index contributed by atoms with van der Waals surface area (Å²) in [5.74, 6) is 0.262. The number of likely N-dealkylation sites (tertiary alicyclic amines) is 1. The van der Waals surface area contributed by atoms with E-state index in [0.29, 0.717) is 11.3 Å². The summed E-state index contributed by atoms with van der Waals surface area (Å²) in [5, 5.41) is 25.0. The molecule has 1 heterocycles. The van der Waals surface area contributed by atoms with E-state index < -0.39 is 0 Å². The van der Waals surface area contributed by atoms with E-state index in [1.54, 1.807) is 30.3 Å². The molecule has 144 valence electrons. The fourth-order valence-electron chi connectivity index (χ4n) is 4.68. The molecule has 0 radical (unpaired) electrons. The Morgan fingerprint density at radius 1 is 1.29 bits per heavy atom. The van der Waals surface area contributed by atoms with Crippen molar-refractivity contribution in [3.63, 3.8) is 0 Å². The van der Waals surface area contributed by atoms with Gasteiger partial charge in [0.05, 0.1) is 17.7 Å². The predicted molar refractivity (Wildman–Crippen MR) is 107 cm³/mol. The van der Waals surface area contributed by atoms with Crippen LogP contribution in [0, 0.1) is 11.3 Å². The van der Waals surface area contributed by atoms with Crippen molar-refractivity contribution in [2.75, 3.05) is 18.9 Å². The van der Waals surface area contributed by atoms with Crippen LogP contribution in [-0.4, -0.2) is 41.7 Å². The molecule has 3 unspecified atom stereocenters. The molecule has 3 N–H and O–H groups in total. The number of phenolic OH excluding ortho intramolecular Hbond substituents is 1. The first-order valence-corrected chi connectivity index (χ1v) is 9.51. The number of hydrogen-bond donors (Lipinski definition) is 3. The largest absolute Gasteiger partial charge is 0.508 e. The van der Waals surface area contributed by atoms with E-state index in [9.17, 15) is 9.90 Å². The number of phenols is 1. The lowest BCUT2D eigenvalue weighted by Gasteiger charge is -2.54. The molecule has 6 heteroatoms. The molecular formula is C22H24N4O2. The van der Waals surface area contributed by atoms with E-state index in [4.69, 9.17) is 5.26 Å². The van der Waals surface area contributed by atoms with Crippen LogP contribution in [0.5, 0.6) is 5.75 Å². The maximum absolute atomic E-state index is 12.7. The molecule has 2 bridgehead atoms. The number of benzene rings is 2. The van der Waals surface area contributed by atoms with Crippen LogP contribution in [0.25, 0.3) is 0 Å². The van der Waals surface area contributed by atoms with Crippen molar-refractivity contribution in [1.82, 2.24) is 10.2 Å². The van der Waals surface area contributed by atoms with Crippen LogP contribution < -0.4 is 10.6 Å². The van der Waals surface area contributed by atoms with Gasteiger partial charge in [-0.2, -0.15) is 5.26 Å². The number of rotatable bonds is 2. The van der Waals surface area contributed by atoms with Crippen molar-refractivity contribution in [3.05, 3.63) is 59.2 Å². The third kappa shape index (κ3) is 3.08. The van der Waals surface area contributed by atoms with Gasteiger partial charge in [0.1, 0.15) is 5.75 Å². The number of nitrogens with zero attached hydrogens (tertiary/aromatic N) is 2. The van der Waals surface area contributed by atoms with Crippen molar-refractivity contribution >= 4 is 11.7 Å². The first-order chi connectivity index (χ1) is 13.4. The molecule has 3 atom stereocenters. The van der Waals surface area contributed by atoms with Crippen LogP contribution in [0.3, 0.4) is 0 Å². The van der Waals surface area contributed by atoms with E-state index in [1.807, 2.05) is 12.1 Å². The summed E-state index contributed by atoms with van der Waals surface area (Å²) < 4.78 is 0. The van der Waals surface area contributed by atoms with Gasteiger partial charge in [-0.1, -0.05) is 13.0 Å². The van der Waals surface area contributed by atoms with E-state index in [-0.39, 0.29) is 29.3 Å². The molecule has 2 aromatic carbocycles. The Balaban J connectivity index is 1.59. The first-order valence-electron chi connectivity index (χ1n) is 9.51. The summed E-state index contributed by atoms with van der Waals surface area (Å²) in [6.45, 7) is 3.13. The van der Waals surface area contributed by atoms with Gasteiger partial charge in [0, 0.05) is 17.1 Å². The van der Waals surface area contributed by atoms with Crippen LogP contribution in [0.1, 0.15) is 30.0 Å². The summed E-state index contributed by atoms with van der Waals surface area (Å²) in [7, 11) is 2.10. The first kappa shape index (κ1) is 18.3. The molecule has 1 aliphatic carbocycles. The second-order valence-corrected chi connectivity index (χ2v) is 8.03. The summed E-state index contributed by atoms with van der Waals surface area (Å²) in [4.78, 5) is 15.0. The van der Waals surface area contributed by atoms with Gasteiger partial charge in [-0.05, 0) is 74.0 Å². The van der Waals surface area contributed by atoms with Gasteiger partial charge in [-0.15, -0.1) is 0 Å². The van der Waals surface area contributed by atoms with Crippen molar-refractivity contribution in [2.45, 2.75) is 37.3 Å². The quantitative estimate of drug-likeness (QED) is 0.752. The average molecular weight is 376 g/mol. The van der Waals surface area contributed by atoms with Gasteiger partial charge in [-0.3, -0.25) is 0 Å². The second kappa shape index (κ2) is 6.84. The number of aromatic hydroxyl groups is 1. The monoisotopic (exact) mass is 376 g/mol. The highest BCUT2D eigenvalue weighted by atomic mass is 16.3. The van der Waals surface area contributed by atoms with E-state index >= 15 is 0 Å². The molecule has 0 spiro atoms. The number of carbonyl (C=O) groups is 1. The number of anilines is 1. The van der Waals surface area contributed by atoms with Gasteiger partial charge in [0.2, 0.25) is 0 Å². The lowest BCUT2D eigenvalue weighted by atomic mass is 9.61. The van der Waals surface area contributed by atoms with Gasteiger partial charge < -0.3 is 20.6 Å². The summed E-state index contributed by atoms with van der Waals surface area (Å²) in [5.41, 5.74) is 3.32. The van der Waals surface area contributed by atoms with E-state index in [1.165, 1.54) is 5.56 Å². The standard InChI is InChI=1S/C22H24N4O2/c1-22-9-10-26(2)19(11-15-5-8-17(27)12-18(15)22)20(22)25-21(28)24-16-6-3-14(13-23)4-7-16/h3-8,12,19-20,27H,9-11H2,1-2H3,(H2,24,25,28). The smallest absolute Gasteiger partial charge is 0.319 e. The van der Waals surface area contributed by atoms with Crippen LogP contribution >= 0.6 is 0 Å². The van der Waals surface area contributed by atoms with E-state index in [0.717, 1.165) is 24.9 Å². The Labute approximate surface area is 164 Å². The Bertz CT molecular complexity index is 950. The summed E-state index contributed by atoms with van der Waals surface area (Å²) >= 11 is 0. The average Bonchev–Trinajstić information content (AvgIpc) is 2.68. The highest BCUT2D eigenvalue weighted by Crippen LogP contribution is 2.45. The number of likely N-dealkylation sites (N-methyl/N-ethyl adjacent to an activating group) is 1. The fourth-order valence-corrected chi connectivity index (χ4v) is 4.68. The second-order valence-electron chi connectivity index (χ2n) is 8.03. The molecule has 28 heavy (non-hydrogen) atoms. The minimum absolute atomic E-state index is 0.0704. The Morgan fingerprint density at radius 2 is 2.04 bits per heavy atom. The molecule has 0 aromatic heterocycles. The zero-order chi connectivity index (χ0) is 19.9. The van der Waals surface area contributed by atoms with Crippen LogP contribution in [0.2, 0.25) is 0 Å². The topological polar surface area (TPSA) is 88.4 Å². The minimum Gasteiger partial charge on any atom is -0.508 e. The van der Waals surface area contributed by atoms with Crippen LogP contribution in [-0.2, 0) is 11.8 Å². The van der Waals surface area contributed by atoms with E-state index in [2.05, 4.69) is 35.6 Å². The normalized spacial score (nSPS) is 26.0. The molecule has 0 saturated carbocycles. The number of amides is 2. The molecule has 2 aromatic rings. The molecule has 6 nitrogen and oxygen atoms in total. The third-order valence-electron chi connectivity index (χ3n) is 6.32. The SMILES string of the molecule is CN1CCC2(C)c3cc(O)ccc3CC1C2NC(=O)Nc1ccc(C#N)cc1. The molecule has 1 saturated heterocycles. The van der Waals surface area contributed by atoms with Crippen molar-refractivity contribution in [3.8, 4) is 11.8 Å². The lowest BCUT2D eigenvalue weighted by molar-refractivity contribution is 0.0718. The van der Waals surface area contributed by atoms with Crippen LogP contribution in [0.4, 0.5) is 10.5 Å². The maximum Gasteiger partial charge on any atom is 0.319 e. The summed E-state index contributed by atoms with van der Waals surface area (Å²) in [6, 6.07) is 14.3. The number of piperidine rings is 1. The number of nitrogens with one attached hydrogen (secondary N) is 2. The van der Waals surface area contributed by atoms with Crippen molar-refractivity contribution in [2.24, 2.45) is 0 Å². The fraction of sp³-hybridized carbons (Fsp3) is 0.364. The number of urea groups is 1. The number of nitriles is 1. The molecule has 4 rings (SSSR count). The van der Waals surface area contributed by atoms with Crippen LogP contribution in [0.15, 0.2) is 42.5 Å². The Hall–Kier alpha value is -3.04. The van der Waals surface area contributed by atoms with Gasteiger partial charge in [0.15, 0.2) is 0 Å².